The Bertz CT molecular complexity index is 669. The van der Waals surface area contributed by atoms with E-state index in [0.29, 0.717) is 5.78 Å². The molecule has 1 fully saturated rings. The van der Waals surface area contributed by atoms with Crippen LogP contribution in [-0.2, 0) is 17.7 Å². The van der Waals surface area contributed by atoms with Gasteiger partial charge in [-0.15, -0.1) is 0 Å². The second kappa shape index (κ2) is 5.15. The minimum absolute atomic E-state index is 0.0891. The SMILES string of the molecule is O=C(c1ccn(CC2OCCc3ccccc32)c1)C1CC1. The Morgan fingerprint density at radius 2 is 2.10 bits per heavy atom. The average molecular weight is 281 g/mol. The fraction of sp³-hybridized carbons (Fsp3) is 0.389. The molecule has 0 bridgehead atoms. The number of aromatic nitrogens is 1. The molecule has 1 aliphatic carbocycles. The van der Waals surface area contributed by atoms with Crippen LogP contribution in [0.1, 0.15) is 40.4 Å². The van der Waals surface area contributed by atoms with Crippen molar-refractivity contribution in [1.82, 2.24) is 4.57 Å². The van der Waals surface area contributed by atoms with Gasteiger partial charge in [-0.3, -0.25) is 4.79 Å². The number of ketones is 1. The van der Waals surface area contributed by atoms with Crippen LogP contribution < -0.4 is 0 Å². The van der Waals surface area contributed by atoms with Crippen molar-refractivity contribution in [3.63, 3.8) is 0 Å². The van der Waals surface area contributed by atoms with E-state index < -0.39 is 0 Å². The van der Waals surface area contributed by atoms with Crippen LogP contribution in [0.3, 0.4) is 0 Å². The number of nitrogens with zero attached hydrogens (tertiary/aromatic N) is 1. The van der Waals surface area contributed by atoms with Gasteiger partial charge < -0.3 is 9.30 Å². The molecule has 1 aliphatic heterocycles. The van der Waals surface area contributed by atoms with Crippen LogP contribution in [0.2, 0.25) is 0 Å². The molecule has 1 unspecified atom stereocenters. The first-order chi connectivity index (χ1) is 10.3. The molecule has 1 aromatic carbocycles. The molecule has 0 radical (unpaired) electrons. The van der Waals surface area contributed by atoms with E-state index in [1.54, 1.807) is 0 Å². The minimum Gasteiger partial charge on any atom is -0.371 e. The van der Waals surface area contributed by atoms with Crippen molar-refractivity contribution in [3.05, 3.63) is 59.4 Å². The number of fused-ring (bicyclic) bond motifs is 1. The molecular formula is C18H19NO2. The van der Waals surface area contributed by atoms with Gasteiger partial charge >= 0.3 is 0 Å². The van der Waals surface area contributed by atoms with Gasteiger partial charge in [0.15, 0.2) is 5.78 Å². The fourth-order valence-corrected chi connectivity index (χ4v) is 3.10. The molecule has 1 atom stereocenters. The average Bonchev–Trinajstić information content (AvgIpc) is 3.27. The van der Waals surface area contributed by atoms with E-state index >= 15 is 0 Å². The molecule has 2 heterocycles. The predicted octanol–water partition coefficient (Wildman–Crippen LogP) is 3.39. The third-order valence-corrected chi connectivity index (χ3v) is 4.45. The second-order valence-corrected chi connectivity index (χ2v) is 6.04. The number of Topliss-reactive ketones (excluding diaryl/α,β-unsaturated/α-hetero) is 1. The molecule has 0 spiro atoms. The van der Waals surface area contributed by atoms with Crippen molar-refractivity contribution >= 4 is 5.78 Å². The normalized spacial score (nSPS) is 21.0. The Balaban J connectivity index is 1.53. The largest absolute Gasteiger partial charge is 0.371 e. The summed E-state index contributed by atoms with van der Waals surface area (Å²) in [6, 6.07) is 10.4. The summed E-state index contributed by atoms with van der Waals surface area (Å²) in [4.78, 5) is 12.1. The third kappa shape index (κ3) is 2.54. The Morgan fingerprint density at radius 3 is 2.95 bits per heavy atom. The summed E-state index contributed by atoms with van der Waals surface area (Å²) in [5.41, 5.74) is 3.52. The Hall–Kier alpha value is -1.87. The highest BCUT2D eigenvalue weighted by Gasteiger charge is 2.31. The molecule has 1 aromatic heterocycles. The van der Waals surface area contributed by atoms with E-state index in [2.05, 4.69) is 28.8 Å². The number of hydrogen-bond acceptors (Lipinski definition) is 2. The molecule has 3 heteroatoms. The molecule has 0 amide bonds. The quantitative estimate of drug-likeness (QED) is 0.804. The number of ether oxygens (including phenoxy) is 1. The Kier molecular flexibility index (Phi) is 3.15. The van der Waals surface area contributed by atoms with Crippen molar-refractivity contribution in [2.24, 2.45) is 5.92 Å². The summed E-state index contributed by atoms with van der Waals surface area (Å²) in [5.74, 6) is 0.589. The van der Waals surface area contributed by atoms with E-state index in [-0.39, 0.29) is 12.0 Å². The second-order valence-electron chi connectivity index (χ2n) is 6.04. The number of carbonyl (C=O) groups is 1. The standard InChI is InChI=1S/C18H19NO2/c20-18(14-5-6-14)15-7-9-19(11-15)12-17-16-4-2-1-3-13(16)8-10-21-17/h1-4,7,9,11,14,17H,5-6,8,10,12H2. The van der Waals surface area contributed by atoms with E-state index in [1.165, 1.54) is 11.1 Å². The lowest BCUT2D eigenvalue weighted by Crippen LogP contribution is -2.20. The highest BCUT2D eigenvalue weighted by Crippen LogP contribution is 2.33. The first kappa shape index (κ1) is 12.8. The molecule has 0 saturated heterocycles. The molecule has 2 aromatic rings. The molecule has 21 heavy (non-hydrogen) atoms. The van der Waals surface area contributed by atoms with Gasteiger partial charge in [-0.2, -0.15) is 0 Å². The topological polar surface area (TPSA) is 31.2 Å². The van der Waals surface area contributed by atoms with Crippen LogP contribution >= 0.6 is 0 Å². The Morgan fingerprint density at radius 1 is 1.24 bits per heavy atom. The number of rotatable bonds is 4. The van der Waals surface area contributed by atoms with Crippen molar-refractivity contribution in [2.75, 3.05) is 6.61 Å². The van der Waals surface area contributed by atoms with Gasteiger partial charge in [0, 0.05) is 23.9 Å². The maximum absolute atomic E-state index is 12.1. The highest BCUT2D eigenvalue weighted by atomic mass is 16.5. The van der Waals surface area contributed by atoms with Gasteiger partial charge in [-0.25, -0.2) is 0 Å². The summed E-state index contributed by atoms with van der Waals surface area (Å²) in [5, 5.41) is 0. The summed E-state index contributed by atoms with van der Waals surface area (Å²) in [6.45, 7) is 1.55. The Labute approximate surface area is 124 Å². The summed E-state index contributed by atoms with van der Waals surface area (Å²) >= 11 is 0. The molecule has 108 valence electrons. The predicted molar refractivity (Wildman–Crippen MR) is 80.3 cm³/mol. The minimum atomic E-state index is 0.0891. The number of benzene rings is 1. The van der Waals surface area contributed by atoms with Crippen LogP contribution in [0, 0.1) is 5.92 Å². The summed E-state index contributed by atoms with van der Waals surface area (Å²) < 4.78 is 8.02. The van der Waals surface area contributed by atoms with Gasteiger partial charge in [-0.1, -0.05) is 24.3 Å². The van der Waals surface area contributed by atoms with Gasteiger partial charge in [0.2, 0.25) is 0 Å². The molecule has 3 nitrogen and oxygen atoms in total. The van der Waals surface area contributed by atoms with E-state index in [1.807, 2.05) is 18.5 Å². The van der Waals surface area contributed by atoms with E-state index in [4.69, 9.17) is 4.74 Å². The van der Waals surface area contributed by atoms with Gasteiger partial charge in [0.25, 0.3) is 0 Å². The van der Waals surface area contributed by atoms with Gasteiger partial charge in [-0.05, 0) is 36.5 Å². The number of hydrogen-bond donors (Lipinski definition) is 0. The van der Waals surface area contributed by atoms with Crippen LogP contribution in [0.4, 0.5) is 0 Å². The molecule has 0 N–H and O–H groups in total. The van der Waals surface area contributed by atoms with Gasteiger partial charge in [0.05, 0.1) is 13.2 Å². The molecule has 1 saturated carbocycles. The van der Waals surface area contributed by atoms with E-state index in [0.717, 1.165) is 38.0 Å². The van der Waals surface area contributed by atoms with Crippen molar-refractivity contribution in [2.45, 2.75) is 31.9 Å². The fourth-order valence-electron chi connectivity index (χ4n) is 3.10. The maximum Gasteiger partial charge on any atom is 0.167 e. The van der Waals surface area contributed by atoms with Gasteiger partial charge in [0.1, 0.15) is 6.10 Å². The lowest BCUT2D eigenvalue weighted by Gasteiger charge is -2.26. The van der Waals surface area contributed by atoms with Crippen LogP contribution in [0.25, 0.3) is 0 Å². The zero-order valence-electron chi connectivity index (χ0n) is 12.0. The third-order valence-electron chi connectivity index (χ3n) is 4.45. The lowest BCUT2D eigenvalue weighted by atomic mass is 9.97. The highest BCUT2D eigenvalue weighted by molar-refractivity contribution is 5.99. The maximum atomic E-state index is 12.1. The summed E-state index contributed by atoms with van der Waals surface area (Å²) in [7, 11) is 0. The molecule has 4 rings (SSSR count). The zero-order chi connectivity index (χ0) is 14.2. The van der Waals surface area contributed by atoms with Crippen molar-refractivity contribution in [1.29, 1.82) is 0 Å². The molecular weight excluding hydrogens is 262 g/mol. The van der Waals surface area contributed by atoms with Crippen LogP contribution in [0.5, 0.6) is 0 Å². The summed E-state index contributed by atoms with van der Waals surface area (Å²) in [6.07, 6.45) is 7.17. The van der Waals surface area contributed by atoms with Crippen molar-refractivity contribution in [3.8, 4) is 0 Å². The number of carbonyl (C=O) groups excluding carboxylic acids is 1. The first-order valence-electron chi connectivity index (χ1n) is 7.70. The monoisotopic (exact) mass is 281 g/mol. The zero-order valence-corrected chi connectivity index (χ0v) is 12.0. The van der Waals surface area contributed by atoms with Crippen LogP contribution in [-0.4, -0.2) is 17.0 Å². The molecule has 2 aliphatic rings. The van der Waals surface area contributed by atoms with Crippen molar-refractivity contribution < 1.29 is 9.53 Å². The first-order valence-corrected chi connectivity index (χ1v) is 7.70. The smallest absolute Gasteiger partial charge is 0.167 e. The van der Waals surface area contributed by atoms with Crippen LogP contribution in [0.15, 0.2) is 42.7 Å². The lowest BCUT2D eigenvalue weighted by molar-refractivity contribution is 0.0306. The van der Waals surface area contributed by atoms with E-state index in [9.17, 15) is 4.79 Å².